The smallest absolute Gasteiger partial charge is 0.213 e. The first-order chi connectivity index (χ1) is 8.91. The predicted octanol–water partition coefficient (Wildman–Crippen LogP) is 3.57. The molecule has 2 rings (SSSR count). The zero-order valence-electron chi connectivity index (χ0n) is 10.8. The summed E-state index contributed by atoms with van der Waals surface area (Å²) in [7, 11) is 0. The molecule has 0 amide bonds. The number of hydrogen-bond acceptors (Lipinski definition) is 6. The van der Waals surface area contributed by atoms with E-state index in [4.69, 9.17) is 21.3 Å². The minimum Gasteiger partial charge on any atom is -0.443 e. The van der Waals surface area contributed by atoms with E-state index < -0.39 is 0 Å². The lowest BCUT2D eigenvalue weighted by molar-refractivity contribution is 0.385. The summed E-state index contributed by atoms with van der Waals surface area (Å²) in [5.41, 5.74) is 0.283. The number of aromatic nitrogens is 2. The van der Waals surface area contributed by atoms with E-state index in [2.05, 4.69) is 35.4 Å². The Kier molecular flexibility index (Phi) is 3.78. The Balaban J connectivity index is 2.07. The van der Waals surface area contributed by atoms with Crippen LogP contribution in [0.1, 0.15) is 38.0 Å². The Bertz CT molecular complexity index is 620. The lowest BCUT2D eigenvalue weighted by atomic mass is 9.94. The maximum atomic E-state index is 8.95. The Hall–Kier alpha value is -1.58. The number of halogens is 1. The molecule has 0 unspecified atom stereocenters. The maximum absolute atomic E-state index is 8.95. The molecule has 5 nitrogen and oxygen atoms in total. The fourth-order valence-corrected chi connectivity index (χ4v) is 2.31. The molecule has 19 heavy (non-hydrogen) atoms. The van der Waals surface area contributed by atoms with Crippen molar-refractivity contribution in [2.45, 2.75) is 32.7 Å². The highest BCUT2D eigenvalue weighted by Gasteiger charge is 2.19. The second-order valence-electron chi connectivity index (χ2n) is 5.01. The van der Waals surface area contributed by atoms with E-state index in [1.165, 1.54) is 0 Å². The Labute approximate surface area is 120 Å². The van der Waals surface area contributed by atoms with E-state index in [1.807, 2.05) is 6.07 Å². The molecule has 0 aliphatic rings. The van der Waals surface area contributed by atoms with E-state index in [1.54, 1.807) is 6.20 Å². The largest absolute Gasteiger partial charge is 0.443 e. The van der Waals surface area contributed by atoms with Gasteiger partial charge in [0.2, 0.25) is 5.89 Å². The molecule has 100 valence electrons. The Morgan fingerprint density at radius 2 is 2.26 bits per heavy atom. The number of hydrogen-bond donors (Lipinski definition) is 1. The van der Waals surface area contributed by atoms with Crippen LogP contribution in [-0.2, 0) is 12.0 Å². The van der Waals surface area contributed by atoms with Crippen molar-refractivity contribution in [3.05, 3.63) is 28.6 Å². The predicted molar refractivity (Wildman–Crippen MR) is 74.4 cm³/mol. The average molecular weight is 297 g/mol. The van der Waals surface area contributed by atoms with Crippen LogP contribution >= 0.6 is 23.1 Å². The quantitative estimate of drug-likeness (QED) is 0.937. The highest BCUT2D eigenvalue weighted by Crippen LogP contribution is 2.28. The number of rotatable bonds is 3. The normalized spacial score (nSPS) is 11.3. The summed E-state index contributed by atoms with van der Waals surface area (Å²) < 4.78 is 9.56. The summed E-state index contributed by atoms with van der Waals surface area (Å²) >= 11 is 6.94. The number of oxazole rings is 1. The Morgan fingerprint density at radius 3 is 2.84 bits per heavy atom. The number of nitrogens with one attached hydrogen (secondary N) is 1. The molecule has 0 radical (unpaired) electrons. The van der Waals surface area contributed by atoms with Crippen LogP contribution in [0.3, 0.4) is 0 Å². The first-order valence-electron chi connectivity index (χ1n) is 5.66. The minimum absolute atomic E-state index is 0.0726. The summed E-state index contributed by atoms with van der Waals surface area (Å²) in [5, 5.41) is 12.9. The molecule has 0 spiro atoms. The van der Waals surface area contributed by atoms with Crippen LogP contribution < -0.4 is 5.32 Å². The highest BCUT2D eigenvalue weighted by atomic mass is 35.5. The van der Waals surface area contributed by atoms with Gasteiger partial charge >= 0.3 is 0 Å². The van der Waals surface area contributed by atoms with Gasteiger partial charge in [0.15, 0.2) is 5.15 Å². The minimum atomic E-state index is -0.0726. The monoisotopic (exact) mass is 296 g/mol. The van der Waals surface area contributed by atoms with Gasteiger partial charge in [-0.25, -0.2) is 4.98 Å². The SMILES string of the molecule is CC(C)(C)c1cnc(CNc2snc(Cl)c2C#N)o1. The molecule has 0 saturated carbocycles. The number of anilines is 1. The molecule has 2 heterocycles. The number of nitriles is 1. The molecular weight excluding hydrogens is 284 g/mol. The van der Waals surface area contributed by atoms with Crippen LogP contribution in [0.25, 0.3) is 0 Å². The molecule has 0 aliphatic carbocycles. The van der Waals surface area contributed by atoms with Crippen LogP contribution in [0, 0.1) is 11.3 Å². The molecule has 2 aromatic rings. The molecule has 0 fully saturated rings. The highest BCUT2D eigenvalue weighted by molar-refractivity contribution is 7.10. The molecule has 0 aliphatic heterocycles. The van der Waals surface area contributed by atoms with Crippen molar-refractivity contribution in [1.82, 2.24) is 9.36 Å². The van der Waals surface area contributed by atoms with Crippen LogP contribution in [-0.4, -0.2) is 9.36 Å². The number of nitrogens with zero attached hydrogens (tertiary/aromatic N) is 3. The fraction of sp³-hybridized carbons (Fsp3) is 0.417. The van der Waals surface area contributed by atoms with Crippen molar-refractivity contribution >= 4 is 28.1 Å². The molecule has 7 heteroatoms. The lowest BCUT2D eigenvalue weighted by Crippen LogP contribution is -2.09. The lowest BCUT2D eigenvalue weighted by Gasteiger charge is -2.13. The zero-order chi connectivity index (χ0) is 14.0. The van der Waals surface area contributed by atoms with E-state index in [-0.39, 0.29) is 10.6 Å². The molecule has 0 aromatic carbocycles. The average Bonchev–Trinajstić information content (AvgIpc) is 2.92. The van der Waals surface area contributed by atoms with Crippen LogP contribution in [0.5, 0.6) is 0 Å². The van der Waals surface area contributed by atoms with Crippen molar-refractivity contribution in [2.24, 2.45) is 0 Å². The summed E-state index contributed by atoms with van der Waals surface area (Å²) in [6.07, 6.45) is 1.72. The van der Waals surface area contributed by atoms with Crippen LogP contribution in [0.4, 0.5) is 5.00 Å². The van der Waals surface area contributed by atoms with Gasteiger partial charge in [0.25, 0.3) is 0 Å². The van der Waals surface area contributed by atoms with Crippen molar-refractivity contribution in [3.63, 3.8) is 0 Å². The van der Waals surface area contributed by atoms with Gasteiger partial charge < -0.3 is 9.73 Å². The summed E-state index contributed by atoms with van der Waals surface area (Å²) in [5.74, 6) is 1.39. The van der Waals surface area contributed by atoms with E-state index in [0.29, 0.717) is 23.0 Å². The third-order valence-electron chi connectivity index (χ3n) is 2.46. The van der Waals surface area contributed by atoms with Crippen molar-refractivity contribution in [1.29, 1.82) is 5.26 Å². The fourth-order valence-electron chi connectivity index (χ4n) is 1.38. The summed E-state index contributed by atoms with van der Waals surface area (Å²) in [4.78, 5) is 4.20. The third kappa shape index (κ3) is 3.06. The van der Waals surface area contributed by atoms with Gasteiger partial charge in [-0.05, 0) is 11.5 Å². The zero-order valence-corrected chi connectivity index (χ0v) is 12.4. The van der Waals surface area contributed by atoms with Gasteiger partial charge in [-0.15, -0.1) is 0 Å². The van der Waals surface area contributed by atoms with Gasteiger partial charge in [0.05, 0.1) is 12.7 Å². The van der Waals surface area contributed by atoms with Crippen molar-refractivity contribution in [3.8, 4) is 6.07 Å². The third-order valence-corrected chi connectivity index (χ3v) is 3.63. The summed E-state index contributed by atoms with van der Waals surface area (Å²) in [6.45, 7) is 6.56. The van der Waals surface area contributed by atoms with Crippen molar-refractivity contribution in [2.75, 3.05) is 5.32 Å². The molecule has 0 atom stereocenters. The first kappa shape index (κ1) is 13.8. The van der Waals surface area contributed by atoms with Gasteiger partial charge in [-0.2, -0.15) is 9.64 Å². The molecular formula is C12H13ClN4OS. The van der Waals surface area contributed by atoms with Crippen LogP contribution in [0.15, 0.2) is 10.6 Å². The topological polar surface area (TPSA) is 74.7 Å². The second-order valence-corrected chi connectivity index (χ2v) is 6.14. The van der Waals surface area contributed by atoms with Gasteiger partial charge in [-0.3, -0.25) is 0 Å². The van der Waals surface area contributed by atoms with Crippen molar-refractivity contribution < 1.29 is 4.42 Å². The molecule has 1 N–H and O–H groups in total. The van der Waals surface area contributed by atoms with E-state index in [9.17, 15) is 0 Å². The van der Waals surface area contributed by atoms with Gasteiger partial charge in [0, 0.05) is 5.41 Å². The van der Waals surface area contributed by atoms with Gasteiger partial charge in [0.1, 0.15) is 22.4 Å². The van der Waals surface area contributed by atoms with Gasteiger partial charge in [-0.1, -0.05) is 32.4 Å². The molecule has 0 bridgehead atoms. The maximum Gasteiger partial charge on any atom is 0.213 e. The standard InChI is InChI=1S/C12H13ClN4OS/c1-12(2,3)8-5-15-9(18-8)6-16-11-7(4-14)10(13)17-19-11/h5,16H,6H2,1-3H3. The molecule has 0 saturated heterocycles. The Morgan fingerprint density at radius 1 is 1.53 bits per heavy atom. The summed E-state index contributed by atoms with van der Waals surface area (Å²) in [6, 6.07) is 2.01. The first-order valence-corrected chi connectivity index (χ1v) is 6.81. The van der Waals surface area contributed by atoms with E-state index >= 15 is 0 Å². The van der Waals surface area contributed by atoms with Crippen LogP contribution in [0.2, 0.25) is 5.15 Å². The molecule has 2 aromatic heterocycles. The second kappa shape index (κ2) is 5.19. The van der Waals surface area contributed by atoms with E-state index in [0.717, 1.165) is 17.3 Å².